The Kier molecular flexibility index (Phi) is 7.22. The Labute approximate surface area is 292 Å². The van der Waals surface area contributed by atoms with Gasteiger partial charge in [0, 0.05) is 84.6 Å². The average Bonchev–Trinajstić information content (AvgIpc) is 3.14. The number of Topliss-reactive ketones (excluding diaryl/α,β-unsaturated/α-hetero) is 2. The van der Waals surface area contributed by atoms with Crippen molar-refractivity contribution in [1.82, 2.24) is 0 Å². The van der Waals surface area contributed by atoms with Crippen LogP contribution in [0.2, 0.25) is 0 Å². The molecule has 4 aromatic carbocycles. The monoisotopic (exact) mass is 668 g/mol. The minimum atomic E-state index is -0.955. The van der Waals surface area contributed by atoms with E-state index >= 15 is 9.59 Å². The van der Waals surface area contributed by atoms with Crippen molar-refractivity contribution < 1.29 is 30.0 Å². The lowest BCUT2D eigenvalue weighted by Crippen LogP contribution is -2.98. The summed E-state index contributed by atoms with van der Waals surface area (Å²) < 4.78 is 0. The van der Waals surface area contributed by atoms with Crippen molar-refractivity contribution in [3.63, 3.8) is 0 Å². The third kappa shape index (κ3) is 3.53. The second kappa shape index (κ2) is 11.3. The van der Waals surface area contributed by atoms with Gasteiger partial charge in [-0.05, 0) is 45.9 Å². The number of hydrogen-bond donors (Lipinski definition) is 4. The van der Waals surface area contributed by atoms with Crippen molar-refractivity contribution in [3.8, 4) is 0 Å². The number of carbonyl (C=O) groups excluding carboxylic acids is 2. The van der Waals surface area contributed by atoms with Gasteiger partial charge in [-0.15, -0.1) is 0 Å². The van der Waals surface area contributed by atoms with E-state index in [-0.39, 0.29) is 62.7 Å². The first-order valence-electron chi connectivity index (χ1n) is 18.1. The van der Waals surface area contributed by atoms with Crippen LogP contribution in [0.25, 0.3) is 0 Å². The normalized spacial score (nSPS) is 39.8. The van der Waals surface area contributed by atoms with E-state index in [0.717, 1.165) is 22.3 Å². The highest BCUT2D eigenvalue weighted by Gasteiger charge is 3.00. The highest BCUT2D eigenvalue weighted by atomic mass is 16.3. The van der Waals surface area contributed by atoms with E-state index in [1.54, 1.807) is 0 Å². The van der Waals surface area contributed by atoms with Gasteiger partial charge in [-0.3, -0.25) is 9.59 Å². The van der Waals surface area contributed by atoms with Crippen LogP contribution in [0.15, 0.2) is 121 Å². The first-order valence-corrected chi connectivity index (χ1v) is 18.1. The molecule has 0 heterocycles. The molecule has 0 atom stereocenters. The lowest BCUT2D eigenvalue weighted by molar-refractivity contribution is -0.500. The maximum atomic E-state index is 15.0. The van der Waals surface area contributed by atoms with Gasteiger partial charge < -0.3 is 20.4 Å². The summed E-state index contributed by atoms with van der Waals surface area (Å²) in [5, 5.41) is 48.0. The summed E-state index contributed by atoms with van der Waals surface area (Å²) in [6.07, 6.45) is 0.366. The third-order valence-corrected chi connectivity index (χ3v) is 14.8. The molecule has 0 aromatic heterocycles. The van der Waals surface area contributed by atoms with Gasteiger partial charge >= 0.3 is 0 Å². The third-order valence-electron chi connectivity index (χ3n) is 14.8. The summed E-state index contributed by atoms with van der Waals surface area (Å²) >= 11 is 0. The second-order valence-corrected chi connectivity index (χ2v) is 16.0. The molecule has 256 valence electrons. The van der Waals surface area contributed by atoms with Crippen LogP contribution >= 0.6 is 0 Å². The van der Waals surface area contributed by atoms with E-state index in [9.17, 15) is 20.4 Å². The quantitative estimate of drug-likeness (QED) is 0.172. The van der Waals surface area contributed by atoms with Crippen LogP contribution in [-0.4, -0.2) is 58.4 Å². The molecular formula is C44H44O6. The summed E-state index contributed by atoms with van der Waals surface area (Å²) in [5.74, 6) is -3.83. The van der Waals surface area contributed by atoms with Gasteiger partial charge in [0.1, 0.15) is 11.6 Å². The zero-order valence-electron chi connectivity index (χ0n) is 28.0. The summed E-state index contributed by atoms with van der Waals surface area (Å²) in [5.41, 5.74) is -0.107. The van der Waals surface area contributed by atoms with Crippen LogP contribution in [0.5, 0.6) is 0 Å². The van der Waals surface area contributed by atoms with Crippen molar-refractivity contribution in [2.45, 2.75) is 24.7 Å². The first kappa shape index (κ1) is 32.0. The Morgan fingerprint density at radius 2 is 0.680 bits per heavy atom. The molecule has 6 aliphatic carbocycles. The van der Waals surface area contributed by atoms with Gasteiger partial charge in [-0.25, -0.2) is 0 Å². The molecule has 6 saturated carbocycles. The number of carbonyl (C=O) groups is 2. The van der Waals surface area contributed by atoms with Crippen LogP contribution in [0.1, 0.15) is 34.1 Å². The second-order valence-electron chi connectivity index (χ2n) is 16.0. The fourth-order valence-electron chi connectivity index (χ4n) is 14.3. The van der Waals surface area contributed by atoms with Crippen molar-refractivity contribution in [1.29, 1.82) is 0 Å². The molecule has 50 heavy (non-hydrogen) atoms. The number of aliphatic hydroxyl groups excluding tert-OH is 4. The fraction of sp³-hybridized carbons (Fsp3) is 0.409. The number of hydrogen-bond acceptors (Lipinski definition) is 6. The smallest absolute Gasteiger partial charge is 0.140 e. The topological polar surface area (TPSA) is 115 Å². The largest absolute Gasteiger partial charge is 0.396 e. The molecule has 0 amide bonds. The molecular weight excluding hydrogens is 624 g/mol. The molecule has 0 aliphatic heterocycles. The van der Waals surface area contributed by atoms with E-state index in [1.807, 2.05) is 121 Å². The molecule has 6 aliphatic rings. The van der Waals surface area contributed by atoms with Crippen molar-refractivity contribution in [2.75, 3.05) is 26.4 Å². The maximum absolute atomic E-state index is 15.0. The van der Waals surface area contributed by atoms with Gasteiger partial charge in [0.25, 0.3) is 0 Å². The molecule has 0 saturated heterocycles. The van der Waals surface area contributed by atoms with Gasteiger partial charge in [0.2, 0.25) is 0 Å². The van der Waals surface area contributed by atoms with E-state index in [1.165, 1.54) is 0 Å². The highest BCUT2D eigenvalue weighted by molar-refractivity contribution is 5.89. The van der Waals surface area contributed by atoms with Gasteiger partial charge in [0.15, 0.2) is 0 Å². The minimum Gasteiger partial charge on any atom is -0.396 e. The van der Waals surface area contributed by atoms with E-state index < -0.39 is 57.2 Å². The molecule has 0 radical (unpaired) electrons. The van der Waals surface area contributed by atoms with Gasteiger partial charge in [0.05, 0.1) is 0 Å². The van der Waals surface area contributed by atoms with Crippen LogP contribution in [0.4, 0.5) is 0 Å². The van der Waals surface area contributed by atoms with Crippen LogP contribution < -0.4 is 0 Å². The number of rotatable bonds is 12. The first-order chi connectivity index (χ1) is 24.4. The van der Waals surface area contributed by atoms with Gasteiger partial charge in [-0.1, -0.05) is 121 Å². The van der Waals surface area contributed by atoms with Crippen molar-refractivity contribution in [2.24, 2.45) is 57.2 Å². The van der Waals surface area contributed by atoms with Gasteiger partial charge in [-0.2, -0.15) is 0 Å². The molecule has 4 N–H and O–H groups in total. The predicted molar refractivity (Wildman–Crippen MR) is 188 cm³/mol. The molecule has 6 nitrogen and oxygen atoms in total. The van der Waals surface area contributed by atoms with Crippen LogP contribution in [0.3, 0.4) is 0 Å². The Morgan fingerprint density at radius 3 is 0.940 bits per heavy atom. The maximum Gasteiger partial charge on any atom is 0.140 e. The summed E-state index contributed by atoms with van der Waals surface area (Å²) in [6, 6.07) is 39.3. The summed E-state index contributed by atoms with van der Waals surface area (Å²) in [4.78, 5) is 30.0. The molecule has 8 bridgehead atoms. The Bertz CT molecular complexity index is 1700. The van der Waals surface area contributed by atoms with E-state index in [4.69, 9.17) is 0 Å². The Morgan fingerprint density at radius 1 is 0.420 bits per heavy atom. The Balaban J connectivity index is 1.33. The molecule has 0 spiro atoms. The SMILES string of the molecule is O=C(Cc1ccccc1)C1C2C3(CO)C(c4ccccc4)C4(CO)C1C1(CO)C(c5ccccc5)C2(CO)C3C(C(=O)Cc2ccccc2)C41. The molecule has 6 fully saturated rings. The molecule has 4 aromatic rings. The highest BCUT2D eigenvalue weighted by Crippen LogP contribution is 3.00. The summed E-state index contributed by atoms with van der Waals surface area (Å²) in [7, 11) is 0. The zero-order valence-corrected chi connectivity index (χ0v) is 28.0. The number of benzene rings is 4. The molecule has 10 rings (SSSR count). The van der Waals surface area contributed by atoms with Crippen LogP contribution in [-0.2, 0) is 22.4 Å². The van der Waals surface area contributed by atoms with E-state index in [2.05, 4.69) is 0 Å². The van der Waals surface area contributed by atoms with Crippen molar-refractivity contribution >= 4 is 11.6 Å². The molecule has 6 heteroatoms. The molecule has 0 unspecified atom stereocenters. The predicted octanol–water partition coefficient (Wildman–Crippen LogP) is 4.86. The fourth-order valence-corrected chi connectivity index (χ4v) is 14.3. The average molecular weight is 669 g/mol. The number of ketones is 2. The Hall–Kier alpha value is -3.94. The van der Waals surface area contributed by atoms with Crippen LogP contribution in [0, 0.1) is 57.2 Å². The number of aliphatic hydroxyl groups is 4. The standard InChI is InChI=1S/C44H44O6/c45-23-41-35(29-17-9-3-10-18-29)42(24-46)38-33(31(49)21-27-13-5-1-6-14-27)37(41)43(25-47)36(30-19-11-4-12-20-30)44(38,26-48)40(42)34(39(41)43)32(50)22-28-15-7-2-8-16-28/h1-20,33-40,45-48H,21-26H2. The van der Waals surface area contributed by atoms with Crippen molar-refractivity contribution in [3.05, 3.63) is 144 Å². The van der Waals surface area contributed by atoms with E-state index in [0.29, 0.717) is 0 Å². The summed E-state index contributed by atoms with van der Waals surface area (Å²) in [6.45, 7) is -1.10. The zero-order chi connectivity index (χ0) is 34.5. The minimum absolute atomic E-state index is 0.0153. The lowest BCUT2D eigenvalue weighted by Gasteiger charge is -2.97. The lowest BCUT2D eigenvalue weighted by atomic mass is 9.05.